The molecule has 0 aliphatic heterocycles. The fraction of sp³-hybridized carbons (Fsp3) is 0.0769. The van der Waals surface area contributed by atoms with Gasteiger partial charge < -0.3 is 9.84 Å². The Morgan fingerprint density at radius 1 is 1.38 bits per heavy atom. The van der Waals surface area contributed by atoms with Crippen molar-refractivity contribution in [1.82, 2.24) is 4.98 Å². The maximum absolute atomic E-state index is 10.8. The zero-order valence-corrected chi connectivity index (χ0v) is 12.1. The summed E-state index contributed by atoms with van der Waals surface area (Å²) in [4.78, 5) is 24.9. The first-order valence-corrected chi connectivity index (χ1v) is 6.52. The average molecular weight is 353 g/mol. The number of nitro groups is 1. The van der Waals surface area contributed by atoms with E-state index in [-0.39, 0.29) is 17.9 Å². The van der Waals surface area contributed by atoms with Crippen LogP contribution in [-0.4, -0.2) is 21.2 Å². The van der Waals surface area contributed by atoms with Crippen LogP contribution in [0.5, 0.6) is 5.75 Å². The van der Waals surface area contributed by atoms with Gasteiger partial charge in [0.15, 0.2) is 0 Å². The van der Waals surface area contributed by atoms with Gasteiger partial charge in [0.1, 0.15) is 5.75 Å². The van der Waals surface area contributed by atoms with Crippen molar-refractivity contribution >= 4 is 27.8 Å². The first-order chi connectivity index (χ1) is 9.95. The molecular formula is C13H9BrN2O5. The largest absolute Gasteiger partial charge is 0.511 e. The highest BCUT2D eigenvalue weighted by Crippen LogP contribution is 2.27. The minimum absolute atomic E-state index is 0.0630. The molecule has 0 saturated heterocycles. The normalized spacial score (nSPS) is 10.1. The highest BCUT2D eigenvalue weighted by molar-refractivity contribution is 9.10. The lowest BCUT2D eigenvalue weighted by Crippen LogP contribution is -2.06. The van der Waals surface area contributed by atoms with Gasteiger partial charge in [-0.15, -0.1) is 0 Å². The topological polar surface area (TPSA) is 103 Å². The molecule has 0 fully saturated rings. The number of nitrogens with zero attached hydrogens (tertiary/aromatic N) is 2. The smallest absolute Gasteiger partial charge is 0.449 e. The van der Waals surface area contributed by atoms with Crippen LogP contribution < -0.4 is 4.74 Å². The number of nitro benzene ring substituents is 1. The third-order valence-electron chi connectivity index (χ3n) is 2.61. The summed E-state index contributed by atoms with van der Waals surface area (Å²) in [5.41, 5.74) is 1.03. The summed E-state index contributed by atoms with van der Waals surface area (Å²) in [5, 5.41) is 19.5. The number of carboxylic acid groups (broad SMARTS) is 1. The molecule has 0 unspecified atom stereocenters. The molecule has 2 rings (SSSR count). The Morgan fingerprint density at radius 3 is 2.76 bits per heavy atom. The van der Waals surface area contributed by atoms with Crippen LogP contribution in [0.1, 0.15) is 11.1 Å². The van der Waals surface area contributed by atoms with Crippen LogP contribution in [-0.2, 0) is 6.42 Å². The van der Waals surface area contributed by atoms with Crippen molar-refractivity contribution in [2.45, 2.75) is 6.42 Å². The van der Waals surface area contributed by atoms with Crippen LogP contribution >= 0.6 is 15.9 Å². The summed E-state index contributed by atoms with van der Waals surface area (Å²) in [6, 6.07) is 5.55. The van der Waals surface area contributed by atoms with Crippen molar-refractivity contribution in [3.8, 4) is 5.75 Å². The molecule has 0 bridgehead atoms. The predicted octanol–water partition coefficient (Wildman–Crippen LogP) is 3.40. The molecule has 0 saturated carbocycles. The fourth-order valence-electron chi connectivity index (χ4n) is 1.78. The molecule has 2 aromatic rings. The number of aromatic nitrogens is 1. The summed E-state index contributed by atoms with van der Waals surface area (Å²) in [6.07, 6.45) is 1.98. The molecular weight excluding hydrogens is 344 g/mol. The highest BCUT2D eigenvalue weighted by atomic mass is 79.9. The number of hydrogen-bond acceptors (Lipinski definition) is 5. The molecule has 0 aliphatic carbocycles. The minimum atomic E-state index is -1.47. The van der Waals surface area contributed by atoms with Crippen molar-refractivity contribution < 1.29 is 19.6 Å². The molecule has 108 valence electrons. The molecule has 0 aliphatic rings. The van der Waals surface area contributed by atoms with E-state index in [1.165, 1.54) is 18.2 Å². The summed E-state index contributed by atoms with van der Waals surface area (Å²) in [6.45, 7) is 0. The van der Waals surface area contributed by atoms with Gasteiger partial charge in [-0.05, 0) is 33.6 Å². The van der Waals surface area contributed by atoms with E-state index in [0.717, 1.165) is 10.0 Å². The molecule has 1 heterocycles. The van der Waals surface area contributed by atoms with Crippen LogP contribution in [0.4, 0.5) is 10.5 Å². The van der Waals surface area contributed by atoms with Crippen LogP contribution in [0.15, 0.2) is 41.1 Å². The second kappa shape index (κ2) is 6.31. The van der Waals surface area contributed by atoms with Crippen molar-refractivity contribution in [3.63, 3.8) is 0 Å². The first kappa shape index (κ1) is 14.9. The molecule has 7 nitrogen and oxygen atoms in total. The third kappa shape index (κ3) is 3.99. The van der Waals surface area contributed by atoms with Gasteiger partial charge in [0.05, 0.1) is 4.92 Å². The predicted molar refractivity (Wildman–Crippen MR) is 76.5 cm³/mol. The molecule has 1 N–H and O–H groups in total. The lowest BCUT2D eigenvalue weighted by Gasteiger charge is -2.08. The number of halogens is 1. The third-order valence-corrected chi connectivity index (χ3v) is 3.04. The summed E-state index contributed by atoms with van der Waals surface area (Å²) in [7, 11) is 0. The summed E-state index contributed by atoms with van der Waals surface area (Å²) < 4.78 is 5.40. The standard InChI is InChI=1S/C13H9BrN2O5/c14-10-4-8(6-15-7-10)3-9-5-11(16(19)20)1-2-12(9)21-13(17)18/h1-2,4-7H,3H2,(H,17,18). The molecule has 0 spiro atoms. The van der Waals surface area contributed by atoms with Crippen LogP contribution in [0.25, 0.3) is 0 Å². The van der Waals surface area contributed by atoms with E-state index in [1.807, 2.05) is 0 Å². The van der Waals surface area contributed by atoms with E-state index in [9.17, 15) is 14.9 Å². The Balaban J connectivity index is 2.40. The van der Waals surface area contributed by atoms with Gasteiger partial charge >= 0.3 is 6.16 Å². The summed E-state index contributed by atoms with van der Waals surface area (Å²) in [5.74, 6) is 0.0630. The number of pyridine rings is 1. The second-order valence-corrected chi connectivity index (χ2v) is 5.02. The fourth-order valence-corrected chi connectivity index (χ4v) is 2.20. The van der Waals surface area contributed by atoms with E-state index < -0.39 is 11.1 Å². The Bertz CT molecular complexity index is 705. The Kier molecular flexibility index (Phi) is 4.49. The minimum Gasteiger partial charge on any atom is -0.449 e. The second-order valence-electron chi connectivity index (χ2n) is 4.11. The maximum atomic E-state index is 10.8. The lowest BCUT2D eigenvalue weighted by molar-refractivity contribution is -0.384. The first-order valence-electron chi connectivity index (χ1n) is 5.73. The monoisotopic (exact) mass is 352 g/mol. The Morgan fingerprint density at radius 2 is 2.14 bits per heavy atom. The lowest BCUT2D eigenvalue weighted by atomic mass is 10.0. The quantitative estimate of drug-likeness (QED) is 0.391. The van der Waals surface area contributed by atoms with Crippen molar-refractivity contribution in [3.05, 3.63) is 62.4 Å². The SMILES string of the molecule is O=C(O)Oc1ccc([N+](=O)[O-])cc1Cc1cncc(Br)c1. The number of benzene rings is 1. The molecule has 21 heavy (non-hydrogen) atoms. The number of non-ortho nitro benzene ring substituents is 1. The molecule has 1 aromatic heterocycles. The van der Waals surface area contributed by atoms with Gasteiger partial charge in [0.2, 0.25) is 0 Å². The van der Waals surface area contributed by atoms with Gasteiger partial charge in [-0.25, -0.2) is 4.79 Å². The highest BCUT2D eigenvalue weighted by Gasteiger charge is 2.14. The van der Waals surface area contributed by atoms with Gasteiger partial charge in [0.25, 0.3) is 5.69 Å². The maximum Gasteiger partial charge on any atom is 0.511 e. The van der Waals surface area contributed by atoms with Crippen LogP contribution in [0, 0.1) is 10.1 Å². The van der Waals surface area contributed by atoms with E-state index in [1.54, 1.807) is 18.5 Å². The number of ether oxygens (including phenoxy) is 1. The summed E-state index contributed by atoms with van der Waals surface area (Å²) >= 11 is 3.28. The van der Waals surface area contributed by atoms with Gasteiger partial charge in [-0.3, -0.25) is 15.1 Å². The van der Waals surface area contributed by atoms with Gasteiger partial charge in [0, 0.05) is 41.0 Å². The van der Waals surface area contributed by atoms with Crippen LogP contribution in [0.2, 0.25) is 0 Å². The molecule has 1 aromatic carbocycles. The van der Waals surface area contributed by atoms with Crippen LogP contribution in [0.3, 0.4) is 0 Å². The Hall–Kier alpha value is -2.48. The zero-order valence-electron chi connectivity index (χ0n) is 10.5. The van der Waals surface area contributed by atoms with Gasteiger partial charge in [-0.2, -0.15) is 0 Å². The van der Waals surface area contributed by atoms with E-state index in [0.29, 0.717) is 5.56 Å². The number of rotatable bonds is 4. The molecule has 0 atom stereocenters. The zero-order chi connectivity index (χ0) is 15.4. The average Bonchev–Trinajstić information content (AvgIpc) is 2.40. The van der Waals surface area contributed by atoms with E-state index in [4.69, 9.17) is 5.11 Å². The molecule has 0 amide bonds. The number of carbonyl (C=O) groups is 1. The molecule has 8 heteroatoms. The number of hydrogen-bond donors (Lipinski definition) is 1. The van der Waals surface area contributed by atoms with E-state index in [2.05, 4.69) is 25.7 Å². The molecule has 0 radical (unpaired) electrons. The van der Waals surface area contributed by atoms with Crippen molar-refractivity contribution in [1.29, 1.82) is 0 Å². The van der Waals surface area contributed by atoms with Gasteiger partial charge in [-0.1, -0.05) is 0 Å². The van der Waals surface area contributed by atoms with Crippen molar-refractivity contribution in [2.75, 3.05) is 0 Å². The van der Waals surface area contributed by atoms with Crippen molar-refractivity contribution in [2.24, 2.45) is 0 Å². The Labute approximate surface area is 127 Å². The van der Waals surface area contributed by atoms with E-state index >= 15 is 0 Å².